The molecule has 0 heterocycles. The molecular weight excluding hydrogens is 206 g/mol. The molecule has 2 N–H and O–H groups in total. The first kappa shape index (κ1) is 12.0. The van der Waals surface area contributed by atoms with Crippen molar-refractivity contribution in [1.29, 1.82) is 0 Å². The molecule has 0 saturated heterocycles. The molecule has 3 heteroatoms. The zero-order chi connectivity index (χ0) is 11.3. The normalized spacial score (nSPS) is 10.3. The van der Waals surface area contributed by atoms with Crippen molar-refractivity contribution in [3.05, 3.63) is 29.8 Å². The zero-order valence-electron chi connectivity index (χ0n) is 9.19. The Hall–Kier alpha value is -1.09. The van der Waals surface area contributed by atoms with Crippen molar-refractivity contribution in [1.82, 2.24) is 0 Å². The number of nitrogens with two attached hydrogens (primary N) is 1. The van der Waals surface area contributed by atoms with Crippen LogP contribution in [0.3, 0.4) is 0 Å². The van der Waals surface area contributed by atoms with Crippen LogP contribution in [-0.2, 0) is 0 Å². The van der Waals surface area contributed by atoms with Gasteiger partial charge in [-0.2, -0.15) is 0 Å². The van der Waals surface area contributed by atoms with E-state index < -0.39 is 0 Å². The maximum absolute atomic E-state index is 5.57. The summed E-state index contributed by atoms with van der Waals surface area (Å²) in [6, 6.07) is 7.56. The highest BCUT2D eigenvalue weighted by Crippen LogP contribution is 2.13. The molecule has 2 nitrogen and oxygen atoms in total. The Labute approximate surface area is 96.4 Å². The Morgan fingerprint density at radius 1 is 1.33 bits per heavy atom. The summed E-state index contributed by atoms with van der Waals surface area (Å²) in [5.41, 5.74) is 6.37. The van der Waals surface area contributed by atoms with Crippen LogP contribution in [0.5, 0.6) is 5.75 Å². The van der Waals surface area contributed by atoms with Crippen LogP contribution in [0, 0.1) is 5.92 Å². The summed E-state index contributed by atoms with van der Waals surface area (Å²) < 4.78 is 5.57. The summed E-state index contributed by atoms with van der Waals surface area (Å²) in [5, 5.41) is 0. The summed E-state index contributed by atoms with van der Waals surface area (Å²) in [5.74, 6) is 1.54. The van der Waals surface area contributed by atoms with E-state index in [1.54, 1.807) is 0 Å². The molecular formula is C12H17NOS. The molecule has 0 aliphatic heterocycles. The zero-order valence-corrected chi connectivity index (χ0v) is 10.0. The molecule has 0 aliphatic rings. The maximum Gasteiger partial charge on any atom is 0.119 e. The predicted molar refractivity (Wildman–Crippen MR) is 67.3 cm³/mol. The van der Waals surface area contributed by atoms with Crippen LogP contribution in [0.4, 0.5) is 0 Å². The Morgan fingerprint density at radius 3 is 2.40 bits per heavy atom. The molecule has 1 rings (SSSR count). The molecule has 0 bridgehead atoms. The van der Waals surface area contributed by atoms with Gasteiger partial charge in [0, 0.05) is 5.56 Å². The van der Waals surface area contributed by atoms with Gasteiger partial charge in [0.2, 0.25) is 0 Å². The summed E-state index contributed by atoms with van der Waals surface area (Å²) >= 11 is 4.86. The van der Waals surface area contributed by atoms with Crippen LogP contribution in [0.1, 0.15) is 25.8 Å². The van der Waals surface area contributed by atoms with Gasteiger partial charge in [-0.05, 0) is 36.6 Å². The highest BCUT2D eigenvalue weighted by Gasteiger charge is 1.98. The second-order valence-electron chi connectivity index (χ2n) is 3.92. The minimum atomic E-state index is 0.420. The molecule has 0 spiro atoms. The van der Waals surface area contributed by atoms with Gasteiger partial charge in [-0.25, -0.2) is 0 Å². The predicted octanol–water partition coefficient (Wildman–Crippen LogP) is 2.75. The summed E-state index contributed by atoms with van der Waals surface area (Å²) in [6.45, 7) is 5.11. The Kier molecular flexibility index (Phi) is 4.56. The fourth-order valence-corrected chi connectivity index (χ4v) is 1.26. The monoisotopic (exact) mass is 223 g/mol. The second kappa shape index (κ2) is 5.71. The van der Waals surface area contributed by atoms with Crippen molar-refractivity contribution in [2.45, 2.75) is 20.3 Å². The molecule has 1 aromatic rings. The van der Waals surface area contributed by atoms with Gasteiger partial charge >= 0.3 is 0 Å². The lowest BCUT2D eigenvalue weighted by Gasteiger charge is -2.08. The van der Waals surface area contributed by atoms with E-state index in [1.165, 1.54) is 0 Å². The van der Waals surface area contributed by atoms with Crippen LogP contribution < -0.4 is 10.5 Å². The van der Waals surface area contributed by atoms with Gasteiger partial charge in [0.25, 0.3) is 0 Å². The molecule has 0 atom stereocenters. The molecule has 0 aromatic heterocycles. The van der Waals surface area contributed by atoms with E-state index in [2.05, 4.69) is 13.8 Å². The first-order valence-electron chi connectivity index (χ1n) is 5.12. The minimum absolute atomic E-state index is 0.420. The number of benzene rings is 1. The van der Waals surface area contributed by atoms with Crippen LogP contribution in [0.2, 0.25) is 0 Å². The van der Waals surface area contributed by atoms with Gasteiger partial charge in [0.1, 0.15) is 10.7 Å². The van der Waals surface area contributed by atoms with Gasteiger partial charge < -0.3 is 10.5 Å². The van der Waals surface area contributed by atoms with E-state index in [0.29, 0.717) is 10.9 Å². The van der Waals surface area contributed by atoms with Crippen molar-refractivity contribution in [3.63, 3.8) is 0 Å². The average Bonchev–Trinajstić information content (AvgIpc) is 2.18. The van der Waals surface area contributed by atoms with E-state index in [4.69, 9.17) is 22.7 Å². The smallest absolute Gasteiger partial charge is 0.119 e. The lowest BCUT2D eigenvalue weighted by molar-refractivity contribution is 0.289. The molecule has 0 fully saturated rings. The van der Waals surface area contributed by atoms with E-state index in [1.807, 2.05) is 24.3 Å². The van der Waals surface area contributed by atoms with Crippen molar-refractivity contribution < 1.29 is 4.74 Å². The van der Waals surface area contributed by atoms with Crippen LogP contribution in [0.15, 0.2) is 24.3 Å². The SMILES string of the molecule is CC(C)CCOc1ccc(C(N)=S)cc1. The minimum Gasteiger partial charge on any atom is -0.494 e. The van der Waals surface area contributed by atoms with Crippen LogP contribution in [0.25, 0.3) is 0 Å². The Balaban J connectivity index is 2.46. The molecule has 82 valence electrons. The maximum atomic E-state index is 5.57. The van der Waals surface area contributed by atoms with Crippen molar-refractivity contribution in [2.24, 2.45) is 11.7 Å². The number of ether oxygens (including phenoxy) is 1. The first-order valence-corrected chi connectivity index (χ1v) is 5.53. The Morgan fingerprint density at radius 2 is 1.93 bits per heavy atom. The number of hydrogen-bond donors (Lipinski definition) is 1. The highest BCUT2D eigenvalue weighted by atomic mass is 32.1. The topological polar surface area (TPSA) is 35.2 Å². The standard InChI is InChI=1S/C12H17NOS/c1-9(2)7-8-14-11-5-3-10(4-6-11)12(13)15/h3-6,9H,7-8H2,1-2H3,(H2,13,15). The summed E-state index contributed by atoms with van der Waals surface area (Å²) in [4.78, 5) is 0.420. The molecule has 0 saturated carbocycles. The van der Waals surface area contributed by atoms with Crippen molar-refractivity contribution in [2.75, 3.05) is 6.61 Å². The third-order valence-corrected chi connectivity index (χ3v) is 2.34. The van der Waals surface area contributed by atoms with Gasteiger partial charge in [-0.3, -0.25) is 0 Å². The number of hydrogen-bond acceptors (Lipinski definition) is 2. The van der Waals surface area contributed by atoms with Crippen molar-refractivity contribution in [3.8, 4) is 5.75 Å². The van der Waals surface area contributed by atoms with E-state index >= 15 is 0 Å². The third-order valence-electron chi connectivity index (χ3n) is 2.10. The van der Waals surface area contributed by atoms with Crippen LogP contribution in [-0.4, -0.2) is 11.6 Å². The lowest BCUT2D eigenvalue weighted by atomic mass is 10.1. The summed E-state index contributed by atoms with van der Waals surface area (Å²) in [7, 11) is 0. The largest absolute Gasteiger partial charge is 0.494 e. The van der Waals surface area contributed by atoms with Crippen molar-refractivity contribution >= 4 is 17.2 Å². The molecule has 15 heavy (non-hydrogen) atoms. The third kappa shape index (κ3) is 4.30. The van der Waals surface area contributed by atoms with Gasteiger partial charge in [0.05, 0.1) is 6.61 Å². The number of thiocarbonyl (C=S) groups is 1. The van der Waals surface area contributed by atoms with E-state index in [-0.39, 0.29) is 0 Å². The summed E-state index contributed by atoms with van der Waals surface area (Å²) in [6.07, 6.45) is 1.07. The van der Waals surface area contributed by atoms with Gasteiger partial charge in [-0.1, -0.05) is 26.1 Å². The number of rotatable bonds is 5. The second-order valence-corrected chi connectivity index (χ2v) is 4.36. The fraction of sp³-hybridized carbons (Fsp3) is 0.417. The molecule has 0 unspecified atom stereocenters. The van der Waals surface area contributed by atoms with E-state index in [0.717, 1.165) is 24.3 Å². The van der Waals surface area contributed by atoms with E-state index in [9.17, 15) is 0 Å². The quantitative estimate of drug-likeness (QED) is 0.780. The van der Waals surface area contributed by atoms with Gasteiger partial charge in [-0.15, -0.1) is 0 Å². The highest BCUT2D eigenvalue weighted by molar-refractivity contribution is 7.80. The Bertz CT molecular complexity index is 319. The first-order chi connectivity index (χ1) is 7.09. The lowest BCUT2D eigenvalue weighted by Crippen LogP contribution is -2.09. The average molecular weight is 223 g/mol. The molecule has 1 aromatic carbocycles. The fourth-order valence-electron chi connectivity index (χ4n) is 1.13. The molecule has 0 amide bonds. The van der Waals surface area contributed by atoms with Gasteiger partial charge in [0.15, 0.2) is 0 Å². The van der Waals surface area contributed by atoms with Crippen LogP contribution >= 0.6 is 12.2 Å². The molecule has 0 radical (unpaired) electrons. The molecule has 0 aliphatic carbocycles.